The molecule has 0 saturated heterocycles. The molecule has 1 aromatic carbocycles. The number of hydrogen-bond donors (Lipinski definition) is 4. The van der Waals surface area contributed by atoms with Crippen molar-refractivity contribution in [2.75, 3.05) is 25.4 Å². The maximum Gasteiger partial charge on any atom is 0.384 e. The van der Waals surface area contributed by atoms with E-state index in [9.17, 15) is 15.1 Å². The molecule has 10 nitrogen and oxygen atoms in total. The summed E-state index contributed by atoms with van der Waals surface area (Å²) in [6, 6.07) is 10.6. The van der Waals surface area contributed by atoms with Gasteiger partial charge in [0.05, 0.1) is 29.5 Å². The maximum atomic E-state index is 10.3. The minimum atomic E-state index is -3.87. The van der Waals surface area contributed by atoms with Gasteiger partial charge in [0.25, 0.3) is 0 Å². The zero-order valence-corrected chi connectivity index (χ0v) is 21.8. The molecule has 0 amide bonds. The molecule has 0 radical (unpaired) electrons. The number of nitrogens with two attached hydrogens (primary N) is 1. The molecule has 34 heavy (non-hydrogen) atoms. The van der Waals surface area contributed by atoms with Gasteiger partial charge < -0.3 is 20.8 Å². The molecule has 1 aromatic heterocycles. The van der Waals surface area contributed by atoms with E-state index in [1.54, 1.807) is 11.0 Å². The average molecular weight is 508 g/mol. The minimum absolute atomic E-state index is 0.425. The number of nitrogens with zero attached hydrogens (tertiary/aromatic N) is 5. The maximum absolute atomic E-state index is 10.3. The van der Waals surface area contributed by atoms with E-state index < -0.39 is 17.6 Å². The first-order chi connectivity index (χ1) is 15.8. The third-order valence-corrected chi connectivity index (χ3v) is 7.18. The lowest BCUT2D eigenvalue weighted by Gasteiger charge is -2.23. The summed E-state index contributed by atoms with van der Waals surface area (Å²) in [4.78, 5) is 20.8. The number of nitrogens with one attached hydrogen (secondary N) is 1. The third-order valence-electron chi connectivity index (χ3n) is 4.90. The van der Waals surface area contributed by atoms with Crippen LogP contribution in [0.25, 0.3) is 0 Å². The molecule has 1 heterocycles. The Hall–Kier alpha value is -2.24. The van der Waals surface area contributed by atoms with Crippen LogP contribution < -0.4 is 11.1 Å². The summed E-state index contributed by atoms with van der Waals surface area (Å²) in [6.07, 6.45) is 4.03. The largest absolute Gasteiger partial charge is 0.384 e. The second kappa shape index (κ2) is 13.6. The molecule has 0 spiro atoms. The van der Waals surface area contributed by atoms with Crippen LogP contribution in [0, 0.1) is 22.7 Å². The molecule has 0 saturated carbocycles. The van der Waals surface area contributed by atoms with Crippen molar-refractivity contribution in [3.63, 3.8) is 0 Å². The van der Waals surface area contributed by atoms with Gasteiger partial charge in [0.15, 0.2) is 0 Å². The molecule has 5 N–H and O–H groups in total. The molecular weight excluding hydrogens is 473 g/mol. The molecule has 12 heteroatoms. The van der Waals surface area contributed by atoms with Crippen LogP contribution in [0.15, 0.2) is 30.9 Å². The van der Waals surface area contributed by atoms with E-state index >= 15 is 0 Å². The molecule has 0 unspecified atom stereocenters. The fourth-order valence-electron chi connectivity index (χ4n) is 2.72. The summed E-state index contributed by atoms with van der Waals surface area (Å²) in [5.41, 5.74) is 6.84. The second-order valence-corrected chi connectivity index (χ2v) is 12.6. The molecule has 0 bridgehead atoms. The van der Waals surface area contributed by atoms with Gasteiger partial charge in [-0.05, 0) is 75.3 Å². The Labute approximate surface area is 205 Å². The SMILES string of the molecule is CC(C)(C#N)c1cc(Cn2cncn2)cc(C(C)(C)C#N)c1.NCCCNCCSP(=O)(O)O. The van der Waals surface area contributed by atoms with E-state index in [1.165, 1.54) is 6.33 Å². The van der Waals surface area contributed by atoms with Gasteiger partial charge >= 0.3 is 6.80 Å². The van der Waals surface area contributed by atoms with Crippen LogP contribution in [0.1, 0.15) is 50.8 Å². The number of hydrogen-bond acceptors (Lipinski definition) is 8. The standard InChI is InChI=1S/C17H19N5.C5H15N2O3PS/c1-16(2,9-18)14-5-13(8-22-12-20-11-21-22)6-15(7-14)17(3,4)10-19;6-2-1-3-7-4-5-12-11(8,9)10/h5-7,11-12H,8H2,1-4H3;7H,1-6H2,(H2,8,9,10). The third kappa shape index (κ3) is 10.8. The van der Waals surface area contributed by atoms with Crippen molar-refractivity contribution in [2.45, 2.75) is 51.5 Å². The molecule has 186 valence electrons. The van der Waals surface area contributed by atoms with Crippen molar-refractivity contribution >= 4 is 18.2 Å². The van der Waals surface area contributed by atoms with E-state index in [0.29, 0.717) is 36.8 Å². The predicted molar refractivity (Wildman–Crippen MR) is 134 cm³/mol. The van der Waals surface area contributed by atoms with Crippen LogP contribution >= 0.6 is 18.2 Å². The van der Waals surface area contributed by atoms with Crippen molar-refractivity contribution in [3.05, 3.63) is 47.5 Å². The van der Waals surface area contributed by atoms with Crippen LogP contribution in [-0.4, -0.2) is 49.9 Å². The number of nitriles is 2. The van der Waals surface area contributed by atoms with Crippen LogP contribution in [0.5, 0.6) is 0 Å². The first-order valence-electron chi connectivity index (χ1n) is 10.8. The summed E-state index contributed by atoms with van der Waals surface area (Å²) < 4.78 is 12.1. The van der Waals surface area contributed by atoms with Gasteiger partial charge in [0.2, 0.25) is 0 Å². The van der Waals surface area contributed by atoms with Gasteiger partial charge in [-0.15, -0.1) is 0 Å². The topological polar surface area (TPSA) is 174 Å². The summed E-state index contributed by atoms with van der Waals surface area (Å²) in [6.45, 7) is 6.26. The number of aromatic nitrogens is 3. The fraction of sp³-hybridized carbons (Fsp3) is 0.545. The highest BCUT2D eigenvalue weighted by atomic mass is 32.7. The van der Waals surface area contributed by atoms with E-state index in [2.05, 4.69) is 27.5 Å². The van der Waals surface area contributed by atoms with Crippen molar-refractivity contribution < 1.29 is 14.4 Å². The van der Waals surface area contributed by atoms with Crippen LogP contribution in [0.3, 0.4) is 0 Å². The lowest BCUT2D eigenvalue weighted by Crippen LogP contribution is -2.20. The predicted octanol–water partition coefficient (Wildman–Crippen LogP) is 2.68. The van der Waals surface area contributed by atoms with Gasteiger partial charge in [-0.1, -0.05) is 18.2 Å². The summed E-state index contributed by atoms with van der Waals surface area (Å²) >= 11 is 0.665. The molecule has 2 rings (SSSR count). The first-order valence-corrected chi connectivity index (χ1v) is 14.0. The Bertz CT molecular complexity index is 980. The molecule has 0 aliphatic rings. The molecule has 0 fully saturated rings. The number of benzene rings is 1. The van der Waals surface area contributed by atoms with Crippen LogP contribution in [0.4, 0.5) is 0 Å². The van der Waals surface area contributed by atoms with Gasteiger partial charge in [-0.2, -0.15) is 15.6 Å². The van der Waals surface area contributed by atoms with E-state index in [0.717, 1.165) is 29.7 Å². The monoisotopic (exact) mass is 507 g/mol. The lowest BCUT2D eigenvalue weighted by atomic mass is 9.79. The Morgan fingerprint density at radius 3 is 2.15 bits per heavy atom. The quantitative estimate of drug-likeness (QED) is 0.261. The van der Waals surface area contributed by atoms with Gasteiger partial charge in [0, 0.05) is 12.3 Å². The van der Waals surface area contributed by atoms with E-state index in [-0.39, 0.29) is 0 Å². The Morgan fingerprint density at radius 2 is 1.71 bits per heavy atom. The fourth-order valence-corrected chi connectivity index (χ4v) is 4.19. The zero-order valence-electron chi connectivity index (χ0n) is 20.1. The Morgan fingerprint density at radius 1 is 1.12 bits per heavy atom. The highest BCUT2D eigenvalue weighted by Crippen LogP contribution is 2.49. The molecule has 2 aromatic rings. The van der Waals surface area contributed by atoms with E-state index in [1.807, 2.05) is 45.9 Å². The Kier molecular flexibility index (Phi) is 11.9. The van der Waals surface area contributed by atoms with Crippen LogP contribution in [-0.2, 0) is 21.9 Å². The van der Waals surface area contributed by atoms with Crippen molar-refractivity contribution in [1.82, 2.24) is 20.1 Å². The normalized spacial score (nSPS) is 11.8. The average Bonchev–Trinajstić information content (AvgIpc) is 3.28. The van der Waals surface area contributed by atoms with Gasteiger partial charge in [0.1, 0.15) is 12.7 Å². The summed E-state index contributed by atoms with van der Waals surface area (Å²) in [7, 11) is 0. The molecule has 0 atom stereocenters. The van der Waals surface area contributed by atoms with Gasteiger partial charge in [-0.25, -0.2) is 14.2 Å². The highest BCUT2D eigenvalue weighted by Gasteiger charge is 2.26. The number of rotatable bonds is 11. The molecule has 0 aliphatic heterocycles. The van der Waals surface area contributed by atoms with Crippen LogP contribution in [0.2, 0.25) is 0 Å². The first kappa shape index (κ1) is 29.8. The Balaban J connectivity index is 0.000000411. The van der Waals surface area contributed by atoms with Crippen molar-refractivity contribution in [2.24, 2.45) is 5.73 Å². The lowest BCUT2D eigenvalue weighted by molar-refractivity contribution is 0.397. The molecular formula is C22H34N7O3PS. The van der Waals surface area contributed by atoms with Crippen molar-refractivity contribution in [1.29, 1.82) is 10.5 Å². The summed E-state index contributed by atoms with van der Waals surface area (Å²) in [5, 5.41) is 25.9. The van der Waals surface area contributed by atoms with Gasteiger partial charge in [-0.3, -0.25) is 0 Å². The highest BCUT2D eigenvalue weighted by molar-refractivity contribution is 8.54. The second-order valence-electron chi connectivity index (χ2n) is 8.70. The van der Waals surface area contributed by atoms with Crippen molar-refractivity contribution in [3.8, 4) is 12.1 Å². The minimum Gasteiger partial charge on any atom is -0.330 e. The smallest absolute Gasteiger partial charge is 0.330 e. The molecule has 0 aliphatic carbocycles. The summed E-state index contributed by atoms with van der Waals surface area (Å²) in [5.74, 6) is 0.425. The van der Waals surface area contributed by atoms with E-state index in [4.69, 9.17) is 15.5 Å². The zero-order chi connectivity index (χ0) is 25.8.